The van der Waals surface area contributed by atoms with E-state index in [0.717, 1.165) is 11.4 Å². The summed E-state index contributed by atoms with van der Waals surface area (Å²) in [5.41, 5.74) is 2.17. The lowest BCUT2D eigenvalue weighted by molar-refractivity contribution is 0.0526. The van der Waals surface area contributed by atoms with Crippen LogP contribution in [-0.4, -0.2) is 22.5 Å². The predicted molar refractivity (Wildman–Crippen MR) is 74.0 cm³/mol. The van der Waals surface area contributed by atoms with Gasteiger partial charge in [0.15, 0.2) is 0 Å². The molecule has 0 radical (unpaired) electrons. The number of hydrogen-bond donors (Lipinski definition) is 0. The van der Waals surface area contributed by atoms with Crippen LogP contribution in [0, 0.1) is 13.8 Å². The normalized spacial score (nSPS) is 10.2. The largest absolute Gasteiger partial charge is 0.462 e. The summed E-state index contributed by atoms with van der Waals surface area (Å²) in [7, 11) is 0. The molecule has 1 heterocycles. The smallest absolute Gasteiger partial charge is 0.338 e. The van der Waals surface area contributed by atoms with Gasteiger partial charge in [-0.2, -0.15) is 0 Å². The number of aryl methyl sites for hydroxylation is 2. The highest BCUT2D eigenvalue weighted by molar-refractivity contribution is 5.89. The number of hydrogen-bond acceptors (Lipinski definition) is 5. The molecule has 0 aliphatic rings. The molecule has 104 valence electrons. The van der Waals surface area contributed by atoms with Crippen LogP contribution >= 0.6 is 0 Å². The third kappa shape index (κ3) is 3.54. The minimum atomic E-state index is -0.346. The minimum absolute atomic E-state index is 0.298. The molecule has 5 nitrogen and oxygen atoms in total. The van der Waals surface area contributed by atoms with Gasteiger partial charge in [-0.3, -0.25) is 0 Å². The standard InChI is InChI=1S/C15H16N2O3/c1-4-19-14(18)12-5-7-13(8-6-12)20-15-16-10(2)9-11(3)17-15/h5-9H,4H2,1-3H3. The fourth-order valence-corrected chi connectivity index (χ4v) is 1.72. The first-order chi connectivity index (χ1) is 9.58. The average molecular weight is 272 g/mol. The molecule has 0 aliphatic carbocycles. The first-order valence-corrected chi connectivity index (χ1v) is 6.36. The lowest BCUT2D eigenvalue weighted by atomic mass is 10.2. The maximum absolute atomic E-state index is 11.5. The molecule has 1 aromatic carbocycles. The summed E-state index contributed by atoms with van der Waals surface area (Å²) in [6, 6.07) is 8.84. The van der Waals surface area contributed by atoms with Crippen LogP contribution in [0.4, 0.5) is 0 Å². The van der Waals surface area contributed by atoms with Crippen molar-refractivity contribution >= 4 is 5.97 Å². The quantitative estimate of drug-likeness (QED) is 0.800. The Morgan fingerprint density at radius 2 is 1.70 bits per heavy atom. The van der Waals surface area contributed by atoms with Crippen molar-refractivity contribution in [1.82, 2.24) is 9.97 Å². The molecule has 2 aromatic rings. The van der Waals surface area contributed by atoms with Gasteiger partial charge in [-0.05, 0) is 51.1 Å². The second-order valence-corrected chi connectivity index (χ2v) is 4.28. The Morgan fingerprint density at radius 3 is 2.25 bits per heavy atom. The summed E-state index contributed by atoms with van der Waals surface area (Å²) in [5.74, 6) is 0.227. The van der Waals surface area contributed by atoms with Crippen molar-refractivity contribution in [3.63, 3.8) is 0 Å². The molecular weight excluding hydrogens is 256 g/mol. The molecule has 0 atom stereocenters. The van der Waals surface area contributed by atoms with Gasteiger partial charge < -0.3 is 9.47 Å². The van der Waals surface area contributed by atoms with Crippen molar-refractivity contribution in [2.45, 2.75) is 20.8 Å². The summed E-state index contributed by atoms with van der Waals surface area (Å²) in [6.07, 6.45) is 0. The zero-order chi connectivity index (χ0) is 14.5. The van der Waals surface area contributed by atoms with E-state index in [1.165, 1.54) is 0 Å². The second-order valence-electron chi connectivity index (χ2n) is 4.28. The molecule has 0 saturated carbocycles. The molecule has 2 rings (SSSR count). The number of rotatable bonds is 4. The SMILES string of the molecule is CCOC(=O)c1ccc(Oc2nc(C)cc(C)n2)cc1. The third-order valence-electron chi connectivity index (χ3n) is 2.54. The van der Waals surface area contributed by atoms with Gasteiger partial charge in [0.2, 0.25) is 0 Å². The van der Waals surface area contributed by atoms with Crippen molar-refractivity contribution in [3.05, 3.63) is 47.3 Å². The molecule has 20 heavy (non-hydrogen) atoms. The number of aromatic nitrogens is 2. The summed E-state index contributed by atoms with van der Waals surface area (Å²) in [5, 5.41) is 0. The Balaban J connectivity index is 2.12. The number of ether oxygens (including phenoxy) is 2. The van der Waals surface area contributed by atoms with E-state index in [2.05, 4.69) is 9.97 Å². The maximum atomic E-state index is 11.5. The van der Waals surface area contributed by atoms with Crippen LogP contribution in [0.2, 0.25) is 0 Å². The van der Waals surface area contributed by atoms with Gasteiger partial charge in [-0.25, -0.2) is 14.8 Å². The lowest BCUT2D eigenvalue weighted by Crippen LogP contribution is -2.04. The summed E-state index contributed by atoms with van der Waals surface area (Å²) < 4.78 is 10.5. The van der Waals surface area contributed by atoms with Crippen LogP contribution < -0.4 is 4.74 Å². The Bertz CT molecular complexity index is 589. The molecule has 0 fully saturated rings. The highest BCUT2D eigenvalue weighted by Gasteiger charge is 2.07. The van der Waals surface area contributed by atoms with Gasteiger partial charge in [0.25, 0.3) is 0 Å². The fourth-order valence-electron chi connectivity index (χ4n) is 1.72. The van der Waals surface area contributed by atoms with Gasteiger partial charge in [0, 0.05) is 11.4 Å². The van der Waals surface area contributed by atoms with Crippen molar-refractivity contribution < 1.29 is 14.3 Å². The molecule has 5 heteroatoms. The van der Waals surface area contributed by atoms with Gasteiger partial charge in [0.1, 0.15) is 5.75 Å². The topological polar surface area (TPSA) is 61.3 Å². The fraction of sp³-hybridized carbons (Fsp3) is 0.267. The van der Waals surface area contributed by atoms with Crippen LogP contribution in [-0.2, 0) is 4.74 Å². The van der Waals surface area contributed by atoms with E-state index in [-0.39, 0.29) is 5.97 Å². The highest BCUT2D eigenvalue weighted by Crippen LogP contribution is 2.19. The monoisotopic (exact) mass is 272 g/mol. The molecule has 0 saturated heterocycles. The first kappa shape index (κ1) is 14.0. The van der Waals surface area contributed by atoms with E-state index in [9.17, 15) is 4.79 Å². The van der Waals surface area contributed by atoms with Crippen LogP contribution in [0.5, 0.6) is 11.8 Å². The van der Waals surface area contributed by atoms with E-state index < -0.39 is 0 Å². The number of esters is 1. The van der Waals surface area contributed by atoms with Gasteiger partial charge in [0.05, 0.1) is 12.2 Å². The number of nitrogens with zero attached hydrogens (tertiary/aromatic N) is 2. The van der Waals surface area contributed by atoms with Gasteiger partial charge in [-0.1, -0.05) is 0 Å². The zero-order valence-electron chi connectivity index (χ0n) is 11.7. The van der Waals surface area contributed by atoms with E-state index in [0.29, 0.717) is 23.9 Å². The molecule has 0 amide bonds. The van der Waals surface area contributed by atoms with E-state index in [1.54, 1.807) is 31.2 Å². The van der Waals surface area contributed by atoms with Gasteiger partial charge >= 0.3 is 12.0 Å². The van der Waals surface area contributed by atoms with Gasteiger partial charge in [-0.15, -0.1) is 0 Å². The van der Waals surface area contributed by atoms with Crippen molar-refractivity contribution in [1.29, 1.82) is 0 Å². The molecule has 1 aromatic heterocycles. The summed E-state index contributed by atoms with van der Waals surface area (Å²) >= 11 is 0. The van der Waals surface area contributed by atoms with Crippen LogP contribution in [0.1, 0.15) is 28.7 Å². The minimum Gasteiger partial charge on any atom is -0.462 e. The molecule has 0 N–H and O–H groups in total. The summed E-state index contributed by atoms with van der Waals surface area (Å²) in [6.45, 7) is 5.89. The van der Waals surface area contributed by atoms with Crippen molar-refractivity contribution in [2.24, 2.45) is 0 Å². The Kier molecular flexibility index (Phi) is 4.30. The van der Waals surface area contributed by atoms with E-state index in [4.69, 9.17) is 9.47 Å². The van der Waals surface area contributed by atoms with Crippen molar-refractivity contribution in [2.75, 3.05) is 6.61 Å². The zero-order valence-corrected chi connectivity index (χ0v) is 11.7. The van der Waals surface area contributed by atoms with Crippen LogP contribution in [0.25, 0.3) is 0 Å². The number of benzene rings is 1. The maximum Gasteiger partial charge on any atom is 0.338 e. The first-order valence-electron chi connectivity index (χ1n) is 6.36. The third-order valence-corrected chi connectivity index (χ3v) is 2.54. The van der Waals surface area contributed by atoms with Crippen molar-refractivity contribution in [3.8, 4) is 11.8 Å². The molecule has 0 unspecified atom stereocenters. The second kappa shape index (κ2) is 6.14. The predicted octanol–water partition coefficient (Wildman–Crippen LogP) is 3.06. The van der Waals surface area contributed by atoms with E-state index >= 15 is 0 Å². The lowest BCUT2D eigenvalue weighted by Gasteiger charge is -2.06. The Morgan fingerprint density at radius 1 is 1.10 bits per heavy atom. The van der Waals surface area contributed by atoms with Crippen LogP contribution in [0.3, 0.4) is 0 Å². The van der Waals surface area contributed by atoms with E-state index in [1.807, 2.05) is 19.9 Å². The van der Waals surface area contributed by atoms with Crippen LogP contribution in [0.15, 0.2) is 30.3 Å². The number of carbonyl (C=O) groups is 1. The Hall–Kier alpha value is -2.43. The highest BCUT2D eigenvalue weighted by atomic mass is 16.5. The summed E-state index contributed by atoms with van der Waals surface area (Å²) in [4.78, 5) is 19.9. The molecule has 0 bridgehead atoms. The molecular formula is C15H16N2O3. The molecule has 0 spiro atoms. The Labute approximate surface area is 117 Å². The molecule has 0 aliphatic heterocycles. The number of carbonyl (C=O) groups excluding carboxylic acids is 1. The average Bonchev–Trinajstić information content (AvgIpc) is 2.38.